The number of rotatable bonds is 8. The van der Waals surface area contributed by atoms with E-state index in [1.165, 1.54) is 61.0 Å². The molecule has 0 bridgehead atoms. The Bertz CT molecular complexity index is 1680. The predicted octanol–water partition coefficient (Wildman–Crippen LogP) is 5.57. The third-order valence-electron chi connectivity index (χ3n) is 8.86. The second-order valence-corrected chi connectivity index (χ2v) is 16.6. The second-order valence-electron chi connectivity index (χ2n) is 12.1. The summed E-state index contributed by atoms with van der Waals surface area (Å²) >= 11 is 15.9. The topological polar surface area (TPSA) is 128 Å². The van der Waals surface area contributed by atoms with Crippen molar-refractivity contribution in [3.8, 4) is 10.6 Å². The summed E-state index contributed by atoms with van der Waals surface area (Å²) in [5, 5.41) is 7.34. The van der Waals surface area contributed by atoms with Crippen molar-refractivity contribution in [1.29, 1.82) is 0 Å². The Balaban J connectivity index is 1.12. The van der Waals surface area contributed by atoms with Crippen LogP contribution < -0.4 is 19.8 Å². The summed E-state index contributed by atoms with van der Waals surface area (Å²) in [7, 11) is -3.60. The molecule has 2 N–H and O–H groups in total. The SMILES string of the molecule is CS(=O)(=O)NC(=O)C1CCN(c2ncc(C(=O)Nc3nc(-c4cc(Cl)cs4)c(N4CCN(C5CCCCC5)CC4)s3)cc2Cl)CC1. The van der Waals surface area contributed by atoms with Crippen molar-refractivity contribution in [1.82, 2.24) is 19.6 Å². The minimum absolute atomic E-state index is 0.301. The standard InChI is InChI=1S/C30H37Cl2N7O4S3/c1-46(42,43)36-28(41)19-7-9-38(10-8-19)26-23(32)15-20(17-33-26)27(40)35-30-34-25(24-16-21(31)18-44-24)29(45-30)39-13-11-37(12-14-39)22-5-3-2-4-6-22/h15-19,22H,2-14H2,1H3,(H,36,41)(H,34,35,40). The molecule has 2 aliphatic heterocycles. The van der Waals surface area contributed by atoms with Crippen molar-refractivity contribution in [3.63, 3.8) is 0 Å². The van der Waals surface area contributed by atoms with Gasteiger partial charge < -0.3 is 9.80 Å². The van der Waals surface area contributed by atoms with E-state index in [-0.39, 0.29) is 5.91 Å². The van der Waals surface area contributed by atoms with E-state index in [2.05, 4.69) is 24.8 Å². The van der Waals surface area contributed by atoms with Crippen LogP contribution in [-0.4, -0.2) is 86.7 Å². The van der Waals surface area contributed by atoms with Crippen molar-refractivity contribution in [3.05, 3.63) is 39.3 Å². The van der Waals surface area contributed by atoms with E-state index in [0.717, 1.165) is 48.0 Å². The Labute approximate surface area is 287 Å². The molecule has 5 heterocycles. The summed E-state index contributed by atoms with van der Waals surface area (Å²) in [5.41, 5.74) is 1.12. The Morgan fingerprint density at radius 3 is 2.30 bits per heavy atom. The van der Waals surface area contributed by atoms with Gasteiger partial charge in [0.25, 0.3) is 5.91 Å². The van der Waals surface area contributed by atoms with Gasteiger partial charge in [0.2, 0.25) is 15.9 Å². The molecule has 1 saturated carbocycles. The number of piperazine rings is 1. The summed E-state index contributed by atoms with van der Waals surface area (Å²) in [6.45, 7) is 4.78. The number of carbonyl (C=O) groups excluding carboxylic acids is 2. The van der Waals surface area contributed by atoms with E-state index in [0.29, 0.717) is 58.5 Å². The van der Waals surface area contributed by atoms with Crippen LogP contribution >= 0.6 is 45.9 Å². The monoisotopic (exact) mass is 725 g/mol. The largest absolute Gasteiger partial charge is 0.359 e. The molecule has 2 saturated heterocycles. The normalized spacial score (nSPS) is 18.9. The number of halogens is 2. The van der Waals surface area contributed by atoms with Crippen molar-refractivity contribution < 1.29 is 18.0 Å². The molecule has 6 rings (SSSR count). The van der Waals surface area contributed by atoms with Gasteiger partial charge in [-0.25, -0.2) is 18.4 Å². The van der Waals surface area contributed by atoms with Gasteiger partial charge in [0.05, 0.1) is 26.7 Å². The molecular weight excluding hydrogens is 689 g/mol. The van der Waals surface area contributed by atoms with Gasteiger partial charge in [-0.3, -0.25) is 24.5 Å². The maximum absolute atomic E-state index is 13.4. The van der Waals surface area contributed by atoms with Crippen LogP contribution in [0.4, 0.5) is 16.0 Å². The first-order chi connectivity index (χ1) is 22.0. The number of nitrogens with one attached hydrogen (secondary N) is 2. The Morgan fingerprint density at radius 2 is 1.67 bits per heavy atom. The Kier molecular flexibility index (Phi) is 10.4. The fourth-order valence-corrected chi connectivity index (χ4v) is 9.46. The van der Waals surface area contributed by atoms with Crippen molar-refractivity contribution in [2.45, 2.75) is 51.0 Å². The molecule has 0 atom stereocenters. The predicted molar refractivity (Wildman–Crippen MR) is 186 cm³/mol. The van der Waals surface area contributed by atoms with Crippen molar-refractivity contribution in [2.24, 2.45) is 5.92 Å². The average molecular weight is 727 g/mol. The van der Waals surface area contributed by atoms with Crippen molar-refractivity contribution >= 4 is 83.7 Å². The number of thiophene rings is 1. The van der Waals surface area contributed by atoms with Crippen LogP contribution in [0.3, 0.4) is 0 Å². The molecule has 0 aromatic carbocycles. The van der Waals surface area contributed by atoms with E-state index in [1.807, 2.05) is 16.3 Å². The molecule has 3 aromatic heterocycles. The molecule has 3 fully saturated rings. The molecule has 248 valence electrons. The number of carbonyl (C=O) groups is 2. The van der Waals surface area contributed by atoms with Crippen LogP contribution in [0.25, 0.3) is 10.6 Å². The summed E-state index contributed by atoms with van der Waals surface area (Å²) in [5.74, 6) is -0.754. The zero-order chi connectivity index (χ0) is 32.4. The maximum atomic E-state index is 13.4. The van der Waals surface area contributed by atoms with Gasteiger partial charge in [-0.2, -0.15) is 0 Å². The van der Waals surface area contributed by atoms with E-state index in [1.54, 1.807) is 6.07 Å². The van der Waals surface area contributed by atoms with Gasteiger partial charge in [-0.05, 0) is 37.8 Å². The average Bonchev–Trinajstić information content (AvgIpc) is 3.67. The third-order valence-corrected chi connectivity index (χ3v) is 12.0. The summed E-state index contributed by atoms with van der Waals surface area (Å²) in [4.78, 5) is 42.8. The fraction of sp³-hybridized carbons (Fsp3) is 0.533. The first-order valence-corrected chi connectivity index (χ1v) is 19.9. The minimum atomic E-state index is -3.60. The van der Waals surface area contributed by atoms with E-state index in [4.69, 9.17) is 28.2 Å². The molecule has 0 unspecified atom stereocenters. The summed E-state index contributed by atoms with van der Waals surface area (Å²) < 4.78 is 24.9. The fourth-order valence-electron chi connectivity index (χ4n) is 6.49. The molecule has 2 amide bonds. The van der Waals surface area contributed by atoms with Crippen molar-refractivity contribution in [2.75, 3.05) is 60.6 Å². The molecule has 3 aliphatic rings. The lowest BCUT2D eigenvalue weighted by molar-refractivity contribution is -0.123. The number of hydrogen-bond acceptors (Lipinski definition) is 11. The number of pyridine rings is 1. The zero-order valence-electron chi connectivity index (χ0n) is 25.5. The number of piperidine rings is 1. The highest BCUT2D eigenvalue weighted by Gasteiger charge is 2.30. The minimum Gasteiger partial charge on any atom is -0.359 e. The number of nitrogens with zero attached hydrogens (tertiary/aromatic N) is 5. The quantitative estimate of drug-likeness (QED) is 0.306. The van der Waals surface area contributed by atoms with Gasteiger partial charge in [-0.1, -0.05) is 53.8 Å². The zero-order valence-corrected chi connectivity index (χ0v) is 29.5. The third kappa shape index (κ3) is 7.96. The Morgan fingerprint density at radius 1 is 0.957 bits per heavy atom. The lowest BCUT2D eigenvalue weighted by Crippen LogP contribution is -2.50. The highest BCUT2D eigenvalue weighted by Crippen LogP contribution is 2.42. The molecule has 0 spiro atoms. The van der Waals surface area contributed by atoms with E-state index in [9.17, 15) is 18.0 Å². The van der Waals surface area contributed by atoms with Gasteiger partial charge in [0, 0.05) is 62.8 Å². The maximum Gasteiger partial charge on any atom is 0.259 e. The van der Waals surface area contributed by atoms with Gasteiger partial charge in [0.1, 0.15) is 16.5 Å². The first kappa shape index (κ1) is 33.4. The van der Waals surface area contributed by atoms with Crippen LogP contribution in [0.1, 0.15) is 55.3 Å². The van der Waals surface area contributed by atoms with Crippen LogP contribution in [-0.2, 0) is 14.8 Å². The van der Waals surface area contributed by atoms with E-state index >= 15 is 0 Å². The number of sulfonamides is 1. The molecule has 16 heteroatoms. The molecule has 0 radical (unpaired) electrons. The molecule has 46 heavy (non-hydrogen) atoms. The smallest absolute Gasteiger partial charge is 0.259 e. The van der Waals surface area contributed by atoms with Crippen LogP contribution in [0.2, 0.25) is 10.0 Å². The number of thiazole rings is 1. The highest BCUT2D eigenvalue weighted by molar-refractivity contribution is 7.89. The first-order valence-electron chi connectivity index (χ1n) is 15.5. The van der Waals surface area contributed by atoms with Crippen LogP contribution in [0.15, 0.2) is 23.7 Å². The Hall–Kier alpha value is -2.49. The number of anilines is 3. The molecule has 1 aliphatic carbocycles. The molecule has 3 aromatic rings. The molecule has 11 nitrogen and oxygen atoms in total. The van der Waals surface area contributed by atoms with Gasteiger partial charge >= 0.3 is 0 Å². The number of aromatic nitrogens is 2. The van der Waals surface area contributed by atoms with Crippen LogP contribution in [0, 0.1) is 5.92 Å². The van der Waals surface area contributed by atoms with Gasteiger partial charge in [-0.15, -0.1) is 11.3 Å². The van der Waals surface area contributed by atoms with Gasteiger partial charge in [0.15, 0.2) is 5.13 Å². The van der Waals surface area contributed by atoms with E-state index < -0.39 is 21.8 Å². The summed E-state index contributed by atoms with van der Waals surface area (Å²) in [6.07, 6.45) is 9.95. The second kappa shape index (κ2) is 14.3. The highest BCUT2D eigenvalue weighted by atomic mass is 35.5. The van der Waals surface area contributed by atoms with Crippen LogP contribution in [0.5, 0.6) is 0 Å². The number of hydrogen-bond donors (Lipinski definition) is 2. The number of amides is 2. The lowest BCUT2D eigenvalue weighted by Gasteiger charge is -2.41. The summed E-state index contributed by atoms with van der Waals surface area (Å²) in [6, 6.07) is 4.19. The lowest BCUT2D eigenvalue weighted by atomic mass is 9.94. The molecular formula is C30H37Cl2N7O4S3.